The molecule has 0 amide bonds. The Balaban J connectivity index is 1.50. The average molecular weight is 340 g/mol. The molecule has 0 unspecified atom stereocenters. The van der Waals surface area contributed by atoms with Crippen LogP contribution in [0.15, 0.2) is 55.2 Å². The summed E-state index contributed by atoms with van der Waals surface area (Å²) in [5.41, 5.74) is 5.00. The molecule has 5 rings (SSSR count). The fourth-order valence-electron chi connectivity index (χ4n) is 3.32. The molecule has 0 aliphatic heterocycles. The molecule has 0 spiro atoms. The van der Waals surface area contributed by atoms with Crippen molar-refractivity contribution in [2.45, 2.75) is 19.8 Å². The van der Waals surface area contributed by atoms with Crippen molar-refractivity contribution in [2.24, 2.45) is 0 Å². The maximum atomic E-state index is 4.87. The first-order chi connectivity index (χ1) is 12.8. The Labute approximate surface area is 149 Å². The summed E-state index contributed by atoms with van der Waals surface area (Å²) in [6.07, 6.45) is 10.8. The van der Waals surface area contributed by atoms with Gasteiger partial charge in [-0.1, -0.05) is 0 Å². The molecule has 5 aromatic rings. The molecule has 0 aliphatic carbocycles. The number of nitrogens with zero attached hydrogens (tertiary/aromatic N) is 6. The van der Waals surface area contributed by atoms with Crippen molar-refractivity contribution in [3.63, 3.8) is 0 Å². The minimum Gasteiger partial charge on any atom is -0.303 e. The SMILES string of the molecule is Cc1c(CCc2ncc3ccncc3n2)nc2c3cccnc3ccn12. The van der Waals surface area contributed by atoms with Crippen LogP contribution in [0, 0.1) is 6.92 Å². The minimum absolute atomic E-state index is 0.742. The van der Waals surface area contributed by atoms with E-state index in [-0.39, 0.29) is 0 Å². The second-order valence-electron chi connectivity index (χ2n) is 6.31. The van der Waals surface area contributed by atoms with Crippen LogP contribution >= 0.6 is 0 Å². The molecule has 6 nitrogen and oxygen atoms in total. The van der Waals surface area contributed by atoms with E-state index in [1.54, 1.807) is 12.4 Å². The minimum atomic E-state index is 0.742. The molecule has 0 fully saturated rings. The highest BCUT2D eigenvalue weighted by Crippen LogP contribution is 2.21. The number of pyridine rings is 3. The van der Waals surface area contributed by atoms with Gasteiger partial charge in [-0.3, -0.25) is 9.97 Å². The predicted molar refractivity (Wildman–Crippen MR) is 100.0 cm³/mol. The zero-order valence-electron chi connectivity index (χ0n) is 14.3. The molecule has 0 bridgehead atoms. The Kier molecular flexibility index (Phi) is 3.35. The van der Waals surface area contributed by atoms with Gasteiger partial charge in [-0.2, -0.15) is 0 Å². The molecule has 5 aromatic heterocycles. The fraction of sp³-hybridized carbons (Fsp3) is 0.150. The van der Waals surface area contributed by atoms with Crippen molar-refractivity contribution in [1.82, 2.24) is 29.3 Å². The summed E-state index contributed by atoms with van der Waals surface area (Å²) in [5, 5.41) is 2.07. The van der Waals surface area contributed by atoms with Crippen LogP contribution < -0.4 is 0 Å². The molecule has 0 aliphatic rings. The summed E-state index contributed by atoms with van der Waals surface area (Å²) in [6, 6.07) is 7.96. The zero-order valence-corrected chi connectivity index (χ0v) is 14.3. The van der Waals surface area contributed by atoms with Gasteiger partial charge < -0.3 is 4.40 Å². The Bertz CT molecular complexity index is 1260. The van der Waals surface area contributed by atoms with Crippen LogP contribution in [0.25, 0.3) is 27.5 Å². The van der Waals surface area contributed by atoms with Crippen molar-refractivity contribution in [3.05, 3.63) is 72.5 Å². The zero-order chi connectivity index (χ0) is 17.5. The van der Waals surface area contributed by atoms with Crippen LogP contribution in [0.2, 0.25) is 0 Å². The van der Waals surface area contributed by atoms with E-state index in [0.717, 1.165) is 57.5 Å². The largest absolute Gasteiger partial charge is 0.303 e. The molecule has 5 heterocycles. The Morgan fingerprint density at radius 3 is 2.85 bits per heavy atom. The van der Waals surface area contributed by atoms with E-state index in [4.69, 9.17) is 4.98 Å². The van der Waals surface area contributed by atoms with Gasteiger partial charge in [0.25, 0.3) is 0 Å². The summed E-state index contributed by atoms with van der Waals surface area (Å²) >= 11 is 0. The van der Waals surface area contributed by atoms with E-state index in [2.05, 4.69) is 37.3 Å². The van der Waals surface area contributed by atoms with E-state index < -0.39 is 0 Å². The third-order valence-corrected chi connectivity index (χ3v) is 4.73. The highest BCUT2D eigenvalue weighted by Gasteiger charge is 2.12. The number of aromatic nitrogens is 6. The molecule has 126 valence electrons. The van der Waals surface area contributed by atoms with Gasteiger partial charge >= 0.3 is 0 Å². The van der Waals surface area contributed by atoms with Crippen molar-refractivity contribution in [1.29, 1.82) is 0 Å². The Hall–Kier alpha value is -3.41. The highest BCUT2D eigenvalue weighted by atomic mass is 15.0. The van der Waals surface area contributed by atoms with Gasteiger partial charge in [0.05, 0.1) is 22.9 Å². The second-order valence-corrected chi connectivity index (χ2v) is 6.31. The lowest BCUT2D eigenvalue weighted by Gasteiger charge is -2.02. The maximum absolute atomic E-state index is 4.87. The molecular weight excluding hydrogens is 324 g/mol. The van der Waals surface area contributed by atoms with Crippen LogP contribution in [0.5, 0.6) is 0 Å². The first kappa shape index (κ1) is 14.9. The smallest absolute Gasteiger partial charge is 0.146 e. The normalized spacial score (nSPS) is 11.6. The van der Waals surface area contributed by atoms with Crippen LogP contribution in [0.4, 0.5) is 0 Å². The maximum Gasteiger partial charge on any atom is 0.146 e. The average Bonchev–Trinajstić information content (AvgIpc) is 3.02. The van der Waals surface area contributed by atoms with Gasteiger partial charge in [-0.25, -0.2) is 15.0 Å². The van der Waals surface area contributed by atoms with E-state index in [1.807, 2.05) is 36.8 Å². The standard InChI is InChI=1S/C20H16N6/c1-13-16(4-5-19-23-11-14-6-9-21-12-18(14)24-19)25-20-15-3-2-8-22-17(15)7-10-26(13)20/h2-3,6-12H,4-5H2,1H3. The van der Waals surface area contributed by atoms with Crippen LogP contribution in [-0.2, 0) is 12.8 Å². The number of hydrogen-bond donors (Lipinski definition) is 0. The van der Waals surface area contributed by atoms with Crippen molar-refractivity contribution in [2.75, 3.05) is 0 Å². The van der Waals surface area contributed by atoms with Crippen molar-refractivity contribution in [3.8, 4) is 0 Å². The Morgan fingerprint density at radius 2 is 1.88 bits per heavy atom. The number of rotatable bonds is 3. The second kappa shape index (κ2) is 5.84. The van der Waals surface area contributed by atoms with Crippen molar-refractivity contribution >= 4 is 27.5 Å². The van der Waals surface area contributed by atoms with Gasteiger partial charge in [-0.05, 0) is 37.6 Å². The lowest BCUT2D eigenvalue weighted by molar-refractivity contribution is 0.843. The lowest BCUT2D eigenvalue weighted by atomic mass is 10.2. The van der Waals surface area contributed by atoms with E-state index in [0.29, 0.717) is 0 Å². The quantitative estimate of drug-likeness (QED) is 0.504. The Morgan fingerprint density at radius 1 is 0.923 bits per heavy atom. The number of fused-ring (bicyclic) bond motifs is 4. The van der Waals surface area contributed by atoms with Crippen LogP contribution in [0.1, 0.15) is 17.2 Å². The third-order valence-electron chi connectivity index (χ3n) is 4.73. The van der Waals surface area contributed by atoms with Crippen LogP contribution in [-0.4, -0.2) is 29.3 Å². The molecule has 0 N–H and O–H groups in total. The number of hydrogen-bond acceptors (Lipinski definition) is 5. The molecule has 0 saturated heterocycles. The van der Waals surface area contributed by atoms with Gasteiger partial charge in [0, 0.05) is 47.7 Å². The van der Waals surface area contributed by atoms with E-state index in [9.17, 15) is 0 Å². The third kappa shape index (κ3) is 2.38. The van der Waals surface area contributed by atoms with Crippen LogP contribution in [0.3, 0.4) is 0 Å². The lowest BCUT2D eigenvalue weighted by Crippen LogP contribution is -2.00. The number of aryl methyl sites for hydroxylation is 3. The first-order valence-corrected chi connectivity index (χ1v) is 8.56. The summed E-state index contributed by atoms with van der Waals surface area (Å²) in [4.78, 5) is 22.5. The molecular formula is C20H16N6. The van der Waals surface area contributed by atoms with E-state index >= 15 is 0 Å². The molecule has 0 saturated carbocycles. The monoisotopic (exact) mass is 340 g/mol. The van der Waals surface area contributed by atoms with Gasteiger partial charge in [0.2, 0.25) is 0 Å². The van der Waals surface area contributed by atoms with Crippen molar-refractivity contribution < 1.29 is 0 Å². The topological polar surface area (TPSA) is 68.9 Å². The van der Waals surface area contributed by atoms with Gasteiger partial charge in [0.1, 0.15) is 11.5 Å². The molecule has 0 aromatic carbocycles. The fourth-order valence-corrected chi connectivity index (χ4v) is 3.32. The molecule has 0 atom stereocenters. The molecule has 26 heavy (non-hydrogen) atoms. The molecule has 0 radical (unpaired) electrons. The summed E-state index contributed by atoms with van der Waals surface area (Å²) < 4.78 is 2.13. The summed E-state index contributed by atoms with van der Waals surface area (Å²) in [5.74, 6) is 0.813. The predicted octanol–water partition coefficient (Wildman–Crippen LogP) is 3.31. The summed E-state index contributed by atoms with van der Waals surface area (Å²) in [7, 11) is 0. The van der Waals surface area contributed by atoms with E-state index in [1.165, 1.54) is 0 Å². The number of imidazole rings is 1. The molecule has 6 heteroatoms. The van der Waals surface area contributed by atoms with Gasteiger partial charge in [-0.15, -0.1) is 0 Å². The first-order valence-electron chi connectivity index (χ1n) is 8.56. The summed E-state index contributed by atoms with van der Waals surface area (Å²) in [6.45, 7) is 2.10. The van der Waals surface area contributed by atoms with Gasteiger partial charge in [0.15, 0.2) is 0 Å². The highest BCUT2D eigenvalue weighted by molar-refractivity contribution is 5.91.